The van der Waals surface area contributed by atoms with E-state index < -0.39 is 10.8 Å². The van der Waals surface area contributed by atoms with Gasteiger partial charge in [0.15, 0.2) is 11.6 Å². The van der Waals surface area contributed by atoms with E-state index in [1.807, 2.05) is 41.9 Å². The van der Waals surface area contributed by atoms with E-state index in [1.54, 1.807) is 31.2 Å². The summed E-state index contributed by atoms with van der Waals surface area (Å²) in [6.45, 7) is 4.25. The first-order valence-electron chi connectivity index (χ1n) is 10.3. The summed E-state index contributed by atoms with van der Waals surface area (Å²) in [5.41, 5.74) is 2.56. The van der Waals surface area contributed by atoms with Crippen LogP contribution in [0.1, 0.15) is 33.1 Å². The van der Waals surface area contributed by atoms with Crippen LogP contribution in [0, 0.1) is 24.0 Å². The van der Waals surface area contributed by atoms with Crippen molar-refractivity contribution in [3.8, 4) is 5.75 Å². The summed E-state index contributed by atoms with van der Waals surface area (Å²) < 4.78 is 13.0. The molecule has 9 nitrogen and oxygen atoms in total. The Bertz CT molecular complexity index is 1290. The number of hydrogen-bond donors (Lipinski definition) is 1. The van der Waals surface area contributed by atoms with E-state index in [0.717, 1.165) is 11.3 Å². The van der Waals surface area contributed by atoms with Crippen LogP contribution in [-0.2, 0) is 13.2 Å². The van der Waals surface area contributed by atoms with E-state index in [1.165, 1.54) is 12.1 Å². The summed E-state index contributed by atoms with van der Waals surface area (Å²) in [4.78, 5) is 23.0. The molecule has 0 bridgehead atoms. The van der Waals surface area contributed by atoms with Crippen molar-refractivity contribution in [2.75, 3.05) is 5.32 Å². The van der Waals surface area contributed by atoms with Gasteiger partial charge in [-0.15, -0.1) is 0 Å². The largest absolute Gasteiger partial charge is 0.486 e. The minimum atomic E-state index is -0.442. The average molecular weight is 446 g/mol. The number of aromatic nitrogens is 2. The minimum absolute atomic E-state index is 0.0285. The fourth-order valence-corrected chi connectivity index (χ4v) is 3.32. The van der Waals surface area contributed by atoms with Crippen LogP contribution < -0.4 is 10.1 Å². The lowest BCUT2D eigenvalue weighted by molar-refractivity contribution is -0.385. The van der Waals surface area contributed by atoms with Crippen LogP contribution >= 0.6 is 0 Å². The van der Waals surface area contributed by atoms with Gasteiger partial charge in [-0.25, -0.2) is 0 Å². The zero-order chi connectivity index (χ0) is 23.4. The van der Waals surface area contributed by atoms with Gasteiger partial charge < -0.3 is 14.5 Å². The Balaban J connectivity index is 1.36. The van der Waals surface area contributed by atoms with Gasteiger partial charge in [0.25, 0.3) is 11.6 Å². The van der Waals surface area contributed by atoms with Crippen LogP contribution in [0.4, 0.5) is 11.5 Å². The van der Waals surface area contributed by atoms with Gasteiger partial charge in [0.1, 0.15) is 18.1 Å². The number of hydrogen-bond acceptors (Lipinski definition) is 6. The van der Waals surface area contributed by atoms with Gasteiger partial charge in [0.05, 0.1) is 11.5 Å². The monoisotopic (exact) mass is 446 g/mol. The Morgan fingerprint density at radius 2 is 1.91 bits per heavy atom. The number of nitrogens with one attached hydrogen (secondary N) is 1. The molecule has 0 saturated carbocycles. The molecule has 1 N–H and O–H groups in total. The third-order valence-electron chi connectivity index (χ3n) is 5.03. The molecule has 0 radical (unpaired) electrons. The zero-order valence-corrected chi connectivity index (χ0v) is 18.1. The zero-order valence-electron chi connectivity index (χ0n) is 18.1. The molecule has 4 aromatic rings. The summed E-state index contributed by atoms with van der Waals surface area (Å²) in [6, 6.07) is 19.4. The molecule has 0 unspecified atom stereocenters. The molecule has 9 heteroatoms. The summed E-state index contributed by atoms with van der Waals surface area (Å²) in [5.74, 6) is 1.06. The van der Waals surface area contributed by atoms with Crippen molar-refractivity contribution in [1.29, 1.82) is 0 Å². The van der Waals surface area contributed by atoms with E-state index in [0.29, 0.717) is 29.4 Å². The molecule has 2 aromatic heterocycles. The highest BCUT2D eigenvalue weighted by molar-refractivity contribution is 6.01. The van der Waals surface area contributed by atoms with Crippen LogP contribution in [0.15, 0.2) is 71.1 Å². The van der Waals surface area contributed by atoms with Crippen LogP contribution in [-0.4, -0.2) is 20.6 Å². The molecular weight excluding hydrogens is 424 g/mol. The van der Waals surface area contributed by atoms with E-state index in [4.69, 9.17) is 9.15 Å². The van der Waals surface area contributed by atoms with E-state index >= 15 is 0 Å². The first-order valence-corrected chi connectivity index (χ1v) is 10.3. The molecule has 0 aliphatic carbocycles. The minimum Gasteiger partial charge on any atom is -0.486 e. The lowest BCUT2D eigenvalue weighted by Crippen LogP contribution is -2.12. The van der Waals surface area contributed by atoms with Gasteiger partial charge in [-0.3, -0.25) is 19.6 Å². The van der Waals surface area contributed by atoms with Crippen molar-refractivity contribution in [3.63, 3.8) is 0 Å². The maximum Gasteiger partial charge on any atom is 0.292 e. The topological polar surface area (TPSA) is 112 Å². The van der Waals surface area contributed by atoms with Crippen LogP contribution in [0.5, 0.6) is 5.75 Å². The summed E-state index contributed by atoms with van der Waals surface area (Å²) >= 11 is 0. The highest BCUT2D eigenvalue weighted by atomic mass is 16.6. The van der Waals surface area contributed by atoms with Crippen LogP contribution in [0.25, 0.3) is 0 Å². The highest BCUT2D eigenvalue weighted by Crippen LogP contribution is 2.24. The molecule has 0 atom stereocenters. The lowest BCUT2D eigenvalue weighted by Gasteiger charge is -2.05. The van der Waals surface area contributed by atoms with Crippen molar-refractivity contribution >= 4 is 17.4 Å². The second-order valence-electron chi connectivity index (χ2n) is 7.53. The number of anilines is 1. The van der Waals surface area contributed by atoms with Crippen molar-refractivity contribution < 1.29 is 18.9 Å². The van der Waals surface area contributed by atoms with Gasteiger partial charge in [-0.1, -0.05) is 30.3 Å². The fourth-order valence-electron chi connectivity index (χ4n) is 3.32. The summed E-state index contributed by atoms with van der Waals surface area (Å²) in [7, 11) is 0. The Hall–Kier alpha value is -4.40. The number of ether oxygens (including phenoxy) is 1. The van der Waals surface area contributed by atoms with Crippen LogP contribution in [0.2, 0.25) is 0 Å². The Morgan fingerprint density at radius 1 is 1.12 bits per heavy atom. The van der Waals surface area contributed by atoms with Gasteiger partial charge in [-0.2, -0.15) is 5.10 Å². The third kappa shape index (κ3) is 5.27. The number of carbonyl (C=O) groups excluding carboxylic acids is 1. The first kappa shape index (κ1) is 21.8. The SMILES string of the molecule is Cc1cc(OCc2ccc(C(=O)Nc3cc(C)n(Cc4ccccc4)n3)o2)ccc1[N+](=O)[O-]. The number of benzene rings is 2. The molecule has 0 saturated heterocycles. The third-order valence-corrected chi connectivity index (χ3v) is 5.03. The molecule has 168 valence electrons. The van der Waals surface area contributed by atoms with E-state index in [2.05, 4.69) is 10.4 Å². The Labute approximate surface area is 189 Å². The number of nitro benzene ring substituents is 1. The second-order valence-corrected chi connectivity index (χ2v) is 7.53. The van der Waals surface area contributed by atoms with Crippen molar-refractivity contribution in [3.05, 3.63) is 105 Å². The highest BCUT2D eigenvalue weighted by Gasteiger charge is 2.15. The Morgan fingerprint density at radius 3 is 2.64 bits per heavy atom. The molecule has 2 heterocycles. The molecule has 0 aliphatic heterocycles. The molecular formula is C24H22N4O5. The number of furan rings is 1. The van der Waals surface area contributed by atoms with E-state index in [9.17, 15) is 14.9 Å². The molecule has 4 rings (SSSR count). The first-order chi connectivity index (χ1) is 15.9. The van der Waals surface area contributed by atoms with Gasteiger partial charge in [0.2, 0.25) is 0 Å². The summed E-state index contributed by atoms with van der Waals surface area (Å²) in [6.07, 6.45) is 0. The molecule has 2 aromatic carbocycles. The van der Waals surface area contributed by atoms with Gasteiger partial charge in [-0.05, 0) is 43.7 Å². The maximum absolute atomic E-state index is 12.6. The lowest BCUT2D eigenvalue weighted by atomic mass is 10.2. The normalized spacial score (nSPS) is 10.7. The number of nitro groups is 1. The molecule has 0 spiro atoms. The van der Waals surface area contributed by atoms with Crippen LogP contribution in [0.3, 0.4) is 0 Å². The predicted molar refractivity (Wildman–Crippen MR) is 121 cm³/mol. The number of aryl methyl sites for hydroxylation is 2. The number of nitrogens with zero attached hydrogens (tertiary/aromatic N) is 3. The number of rotatable bonds is 8. The number of carbonyl (C=O) groups is 1. The van der Waals surface area contributed by atoms with Crippen molar-refractivity contribution in [2.45, 2.75) is 27.0 Å². The Kier molecular flexibility index (Phi) is 6.21. The molecule has 0 fully saturated rings. The van der Waals surface area contributed by atoms with Gasteiger partial charge in [0, 0.05) is 23.4 Å². The number of amides is 1. The molecule has 1 amide bonds. The van der Waals surface area contributed by atoms with Gasteiger partial charge >= 0.3 is 0 Å². The average Bonchev–Trinajstić information content (AvgIpc) is 3.39. The summed E-state index contributed by atoms with van der Waals surface area (Å²) in [5, 5.41) is 18.1. The predicted octanol–water partition coefficient (Wildman–Crippen LogP) is 4.88. The quantitative estimate of drug-likeness (QED) is 0.305. The standard InChI is InChI=1S/C24H22N4O5/c1-16-12-19(8-10-21(16)28(30)31)32-15-20-9-11-22(33-20)24(29)25-23-13-17(2)27(26-23)14-18-6-4-3-5-7-18/h3-13H,14-15H2,1-2H3,(H,25,26,29). The smallest absolute Gasteiger partial charge is 0.292 e. The fraction of sp³-hybridized carbons (Fsp3) is 0.167. The van der Waals surface area contributed by atoms with E-state index in [-0.39, 0.29) is 18.1 Å². The van der Waals surface area contributed by atoms with Crippen molar-refractivity contribution in [2.24, 2.45) is 0 Å². The molecule has 0 aliphatic rings. The molecule has 33 heavy (non-hydrogen) atoms. The van der Waals surface area contributed by atoms with Crippen molar-refractivity contribution in [1.82, 2.24) is 9.78 Å². The second kappa shape index (κ2) is 9.39. The maximum atomic E-state index is 12.6.